The van der Waals surface area contributed by atoms with E-state index < -0.39 is 11.4 Å². The average molecular weight is 484 g/mol. The van der Waals surface area contributed by atoms with Crippen molar-refractivity contribution in [2.24, 2.45) is 5.41 Å². The number of carbonyl (C=O) groups excluding carboxylic acids is 1. The fourth-order valence-electron chi connectivity index (χ4n) is 4.39. The zero-order chi connectivity index (χ0) is 25.8. The highest BCUT2D eigenvalue weighted by molar-refractivity contribution is 5.95. The zero-order valence-corrected chi connectivity index (χ0v) is 21.9. The van der Waals surface area contributed by atoms with Gasteiger partial charge in [0.25, 0.3) is 5.91 Å². The molecular formula is C29H41NO5. The highest BCUT2D eigenvalue weighted by Gasteiger charge is 2.32. The Labute approximate surface area is 210 Å². The highest BCUT2D eigenvalue weighted by Crippen LogP contribution is 2.32. The standard InChI is InChI=1S/C29H41NO5/c1-6-7-16-29(3,28(32)33)17-12-19-30(18-11-15-23-13-9-8-10-14-23)27(31)24-20-25(34-4)22(2)26(21-24)35-5/h8-10,13-14,20-21H,6-7,11-12,15-19H2,1-5H3,(H,32,33). The summed E-state index contributed by atoms with van der Waals surface area (Å²) in [5.74, 6) is 0.353. The summed E-state index contributed by atoms with van der Waals surface area (Å²) in [4.78, 5) is 27.4. The molecule has 1 unspecified atom stereocenters. The van der Waals surface area contributed by atoms with E-state index in [4.69, 9.17) is 9.47 Å². The van der Waals surface area contributed by atoms with Crippen LogP contribution in [-0.2, 0) is 11.2 Å². The molecular weight excluding hydrogens is 442 g/mol. The second-order valence-corrected chi connectivity index (χ2v) is 9.46. The minimum absolute atomic E-state index is 0.0970. The smallest absolute Gasteiger partial charge is 0.309 e. The van der Waals surface area contributed by atoms with Crippen LogP contribution in [0.4, 0.5) is 0 Å². The van der Waals surface area contributed by atoms with Crippen molar-refractivity contribution in [3.05, 3.63) is 59.2 Å². The van der Waals surface area contributed by atoms with Gasteiger partial charge in [-0.2, -0.15) is 0 Å². The Hall–Kier alpha value is -3.02. The molecule has 0 aromatic heterocycles. The Kier molecular flexibility index (Phi) is 11.1. The van der Waals surface area contributed by atoms with Crippen molar-refractivity contribution in [2.75, 3.05) is 27.3 Å². The fraction of sp³-hybridized carbons (Fsp3) is 0.517. The van der Waals surface area contributed by atoms with Gasteiger partial charge >= 0.3 is 5.97 Å². The largest absolute Gasteiger partial charge is 0.496 e. The SMILES string of the molecule is CCCCC(C)(CCCN(CCCc1ccccc1)C(=O)c1cc(OC)c(C)c(OC)c1)C(=O)O. The average Bonchev–Trinajstić information content (AvgIpc) is 2.86. The van der Waals surface area contributed by atoms with E-state index in [-0.39, 0.29) is 5.91 Å². The molecule has 6 nitrogen and oxygen atoms in total. The van der Waals surface area contributed by atoms with Gasteiger partial charge in [0.2, 0.25) is 0 Å². The summed E-state index contributed by atoms with van der Waals surface area (Å²) in [6.07, 6.45) is 5.34. The van der Waals surface area contributed by atoms with Crippen molar-refractivity contribution < 1.29 is 24.2 Å². The van der Waals surface area contributed by atoms with Crippen LogP contribution in [0.3, 0.4) is 0 Å². The predicted octanol–water partition coefficient (Wildman–Crippen LogP) is 6.15. The Balaban J connectivity index is 2.19. The van der Waals surface area contributed by atoms with Gasteiger partial charge in [-0.15, -0.1) is 0 Å². The van der Waals surface area contributed by atoms with Crippen molar-refractivity contribution in [3.63, 3.8) is 0 Å². The molecule has 0 aliphatic rings. The van der Waals surface area contributed by atoms with E-state index in [0.717, 1.165) is 31.2 Å². The second kappa shape index (κ2) is 13.8. The molecule has 0 aliphatic heterocycles. The van der Waals surface area contributed by atoms with E-state index in [1.807, 2.05) is 36.9 Å². The number of amides is 1. The first-order valence-corrected chi connectivity index (χ1v) is 12.5. The Bertz CT molecular complexity index is 934. The molecule has 0 saturated carbocycles. The van der Waals surface area contributed by atoms with Crippen LogP contribution in [-0.4, -0.2) is 49.2 Å². The monoisotopic (exact) mass is 483 g/mol. The van der Waals surface area contributed by atoms with Gasteiger partial charge in [0, 0.05) is 24.2 Å². The van der Waals surface area contributed by atoms with Crippen LogP contribution in [0.2, 0.25) is 0 Å². The minimum atomic E-state index is -0.773. The number of methoxy groups -OCH3 is 2. The summed E-state index contributed by atoms with van der Waals surface area (Å²) in [6, 6.07) is 13.7. The van der Waals surface area contributed by atoms with Crippen LogP contribution in [0.5, 0.6) is 11.5 Å². The summed E-state index contributed by atoms with van der Waals surface area (Å²) in [6.45, 7) is 6.88. The summed E-state index contributed by atoms with van der Waals surface area (Å²) in [5.41, 5.74) is 1.81. The lowest BCUT2D eigenvalue weighted by Gasteiger charge is -2.28. The Morgan fingerprint density at radius 1 is 0.943 bits per heavy atom. The quantitative estimate of drug-likeness (QED) is 0.329. The minimum Gasteiger partial charge on any atom is -0.496 e. The molecule has 0 bridgehead atoms. The topological polar surface area (TPSA) is 76.1 Å². The maximum Gasteiger partial charge on any atom is 0.309 e. The summed E-state index contributed by atoms with van der Waals surface area (Å²) < 4.78 is 10.9. The third-order valence-electron chi connectivity index (χ3n) is 6.78. The number of ether oxygens (including phenoxy) is 2. The van der Waals surface area contributed by atoms with Crippen LogP contribution in [0.15, 0.2) is 42.5 Å². The molecule has 0 fully saturated rings. The van der Waals surface area contributed by atoms with Crippen LogP contribution in [0, 0.1) is 12.3 Å². The molecule has 2 aromatic carbocycles. The number of hydrogen-bond acceptors (Lipinski definition) is 4. The maximum absolute atomic E-state index is 13.6. The van der Waals surface area contributed by atoms with Gasteiger partial charge in [0.1, 0.15) is 11.5 Å². The van der Waals surface area contributed by atoms with Gasteiger partial charge in [-0.3, -0.25) is 9.59 Å². The molecule has 0 heterocycles. The Morgan fingerprint density at radius 3 is 2.06 bits per heavy atom. The third-order valence-corrected chi connectivity index (χ3v) is 6.78. The molecule has 2 rings (SSSR count). The first-order valence-electron chi connectivity index (χ1n) is 12.5. The molecule has 0 spiro atoms. The van der Waals surface area contributed by atoms with Gasteiger partial charge in [0.05, 0.1) is 19.6 Å². The van der Waals surface area contributed by atoms with Crippen LogP contribution >= 0.6 is 0 Å². The number of benzene rings is 2. The van der Waals surface area contributed by atoms with Gasteiger partial charge in [-0.1, -0.05) is 50.1 Å². The van der Waals surface area contributed by atoms with Gasteiger partial charge < -0.3 is 19.5 Å². The number of carboxylic acids is 1. The van der Waals surface area contributed by atoms with Gasteiger partial charge in [-0.25, -0.2) is 0 Å². The Morgan fingerprint density at radius 2 is 1.51 bits per heavy atom. The number of hydrogen-bond donors (Lipinski definition) is 1. The summed E-state index contributed by atoms with van der Waals surface area (Å²) in [5, 5.41) is 9.81. The normalized spacial score (nSPS) is 12.6. The first-order chi connectivity index (χ1) is 16.8. The van der Waals surface area contributed by atoms with Crippen molar-refractivity contribution in [3.8, 4) is 11.5 Å². The molecule has 0 aliphatic carbocycles. The molecule has 0 radical (unpaired) electrons. The first kappa shape index (κ1) is 28.2. The summed E-state index contributed by atoms with van der Waals surface area (Å²) in [7, 11) is 3.16. The third kappa shape index (κ3) is 8.01. The van der Waals surface area contributed by atoms with E-state index in [1.54, 1.807) is 26.4 Å². The zero-order valence-electron chi connectivity index (χ0n) is 21.9. The van der Waals surface area contributed by atoms with Crippen LogP contribution in [0.1, 0.15) is 73.9 Å². The number of carbonyl (C=O) groups is 2. The molecule has 2 aromatic rings. The van der Waals surface area contributed by atoms with Gasteiger partial charge in [-0.05, 0) is 63.6 Å². The maximum atomic E-state index is 13.6. The van der Waals surface area contributed by atoms with Gasteiger partial charge in [0.15, 0.2) is 0 Å². The summed E-state index contributed by atoms with van der Waals surface area (Å²) >= 11 is 0. The number of nitrogens with zero attached hydrogens (tertiary/aromatic N) is 1. The van der Waals surface area contributed by atoms with E-state index in [2.05, 4.69) is 19.1 Å². The van der Waals surface area contributed by atoms with Crippen molar-refractivity contribution in [2.45, 2.75) is 65.7 Å². The van der Waals surface area contributed by atoms with Crippen LogP contribution in [0.25, 0.3) is 0 Å². The molecule has 1 atom stereocenters. The lowest BCUT2D eigenvalue weighted by atomic mass is 9.80. The number of rotatable bonds is 15. The number of aliphatic carboxylic acids is 1. The predicted molar refractivity (Wildman–Crippen MR) is 139 cm³/mol. The highest BCUT2D eigenvalue weighted by atomic mass is 16.5. The van der Waals surface area contributed by atoms with Crippen molar-refractivity contribution >= 4 is 11.9 Å². The molecule has 1 amide bonds. The second-order valence-electron chi connectivity index (χ2n) is 9.46. The molecule has 6 heteroatoms. The lowest BCUT2D eigenvalue weighted by molar-refractivity contribution is -0.149. The lowest BCUT2D eigenvalue weighted by Crippen LogP contribution is -2.35. The van der Waals surface area contributed by atoms with Crippen molar-refractivity contribution in [1.29, 1.82) is 0 Å². The van der Waals surface area contributed by atoms with E-state index in [9.17, 15) is 14.7 Å². The van der Waals surface area contributed by atoms with Crippen LogP contribution < -0.4 is 9.47 Å². The molecule has 35 heavy (non-hydrogen) atoms. The molecule has 0 saturated heterocycles. The molecule has 192 valence electrons. The van der Waals surface area contributed by atoms with E-state index >= 15 is 0 Å². The number of aryl methyl sites for hydroxylation is 1. The van der Waals surface area contributed by atoms with E-state index in [1.165, 1.54) is 5.56 Å². The molecule has 1 N–H and O–H groups in total. The number of carboxylic acid groups (broad SMARTS) is 1. The number of unbranched alkanes of at least 4 members (excludes halogenated alkanes) is 1. The fourth-order valence-corrected chi connectivity index (χ4v) is 4.39. The van der Waals surface area contributed by atoms with E-state index in [0.29, 0.717) is 49.4 Å². The van der Waals surface area contributed by atoms with Crippen molar-refractivity contribution in [1.82, 2.24) is 4.90 Å².